The molecule has 0 spiro atoms. The second kappa shape index (κ2) is 6.23. The highest BCUT2D eigenvalue weighted by molar-refractivity contribution is 6.43. The Morgan fingerprint density at radius 3 is 2.94 bits per heavy atom. The number of hydrogen-bond donors (Lipinski definition) is 1. The van der Waals surface area contributed by atoms with Crippen molar-refractivity contribution in [2.24, 2.45) is 0 Å². The molecule has 0 aliphatic heterocycles. The van der Waals surface area contributed by atoms with Gasteiger partial charge in [0, 0.05) is 12.0 Å². The fraction of sp³-hybridized carbons (Fsp3) is 0.308. The van der Waals surface area contributed by atoms with Crippen molar-refractivity contribution in [1.29, 1.82) is 0 Å². The molecule has 2 aromatic rings. The minimum absolute atomic E-state index is 0.497. The zero-order chi connectivity index (χ0) is 13.0. The van der Waals surface area contributed by atoms with Gasteiger partial charge in [0.15, 0.2) is 11.7 Å². The first-order valence-electron chi connectivity index (χ1n) is 5.76. The number of aryl methyl sites for hydroxylation is 1. The lowest BCUT2D eigenvalue weighted by atomic mass is 10.2. The minimum atomic E-state index is 0.497. The van der Waals surface area contributed by atoms with E-state index in [2.05, 4.69) is 10.3 Å². The number of hydrogen-bond acceptors (Lipinski definition) is 3. The molecule has 18 heavy (non-hydrogen) atoms. The molecule has 0 unspecified atom stereocenters. The van der Waals surface area contributed by atoms with Crippen LogP contribution >= 0.6 is 23.2 Å². The Hall–Kier alpha value is -1.03. The van der Waals surface area contributed by atoms with Gasteiger partial charge in [0.25, 0.3) is 0 Å². The molecule has 96 valence electrons. The summed E-state index contributed by atoms with van der Waals surface area (Å²) in [7, 11) is 1.92. The van der Waals surface area contributed by atoms with Crippen LogP contribution in [0.1, 0.15) is 12.3 Å². The van der Waals surface area contributed by atoms with Gasteiger partial charge in [-0.3, -0.25) is 0 Å². The highest BCUT2D eigenvalue weighted by atomic mass is 35.5. The van der Waals surface area contributed by atoms with Crippen LogP contribution < -0.4 is 5.32 Å². The van der Waals surface area contributed by atoms with E-state index >= 15 is 0 Å². The number of benzene rings is 1. The Kier molecular flexibility index (Phi) is 4.64. The van der Waals surface area contributed by atoms with Gasteiger partial charge < -0.3 is 9.73 Å². The molecule has 0 atom stereocenters. The van der Waals surface area contributed by atoms with Crippen molar-refractivity contribution in [2.45, 2.75) is 12.8 Å². The van der Waals surface area contributed by atoms with Crippen LogP contribution in [0.5, 0.6) is 0 Å². The van der Waals surface area contributed by atoms with E-state index in [1.165, 1.54) is 0 Å². The highest BCUT2D eigenvalue weighted by Crippen LogP contribution is 2.33. The van der Waals surface area contributed by atoms with Crippen molar-refractivity contribution in [2.75, 3.05) is 13.6 Å². The Bertz CT molecular complexity index is 525. The van der Waals surface area contributed by atoms with Crippen LogP contribution in [0.2, 0.25) is 10.0 Å². The summed E-state index contributed by atoms with van der Waals surface area (Å²) in [6.07, 6.45) is 3.48. The maximum Gasteiger partial charge on any atom is 0.194 e. The van der Waals surface area contributed by atoms with Crippen molar-refractivity contribution in [3.05, 3.63) is 40.3 Å². The lowest BCUT2D eigenvalue weighted by molar-refractivity contribution is 0.495. The van der Waals surface area contributed by atoms with Crippen molar-refractivity contribution >= 4 is 23.2 Å². The Morgan fingerprint density at radius 2 is 2.17 bits per heavy atom. The molecular weight excluding hydrogens is 271 g/mol. The van der Waals surface area contributed by atoms with Gasteiger partial charge in [-0.05, 0) is 32.1 Å². The molecular formula is C13H14Cl2N2O. The van der Waals surface area contributed by atoms with E-state index in [0.29, 0.717) is 15.8 Å². The van der Waals surface area contributed by atoms with E-state index in [1.54, 1.807) is 12.3 Å². The largest absolute Gasteiger partial charge is 0.441 e. The first-order chi connectivity index (χ1) is 8.72. The van der Waals surface area contributed by atoms with E-state index < -0.39 is 0 Å². The van der Waals surface area contributed by atoms with Gasteiger partial charge in [0.05, 0.1) is 16.2 Å². The van der Waals surface area contributed by atoms with E-state index in [9.17, 15) is 0 Å². The molecule has 0 radical (unpaired) electrons. The number of aromatic nitrogens is 1. The maximum atomic E-state index is 6.13. The minimum Gasteiger partial charge on any atom is -0.441 e. The van der Waals surface area contributed by atoms with Gasteiger partial charge in [-0.25, -0.2) is 4.98 Å². The summed E-state index contributed by atoms with van der Waals surface area (Å²) in [5.74, 6) is 1.37. The standard InChI is InChI=1S/C13H14Cl2N2O/c1-16-7-3-6-12-17-8-11(18-12)9-4-2-5-10(14)13(9)15/h2,4-5,8,16H,3,6-7H2,1H3. The molecule has 0 saturated carbocycles. The predicted octanol–water partition coefficient (Wildman–Crippen LogP) is 3.80. The summed E-state index contributed by atoms with van der Waals surface area (Å²) < 4.78 is 5.67. The molecule has 1 aromatic heterocycles. The normalized spacial score (nSPS) is 10.8. The average Bonchev–Trinajstić information content (AvgIpc) is 2.82. The zero-order valence-corrected chi connectivity index (χ0v) is 11.6. The molecule has 0 bridgehead atoms. The van der Waals surface area contributed by atoms with Gasteiger partial charge in [-0.1, -0.05) is 29.3 Å². The zero-order valence-electron chi connectivity index (χ0n) is 10.0. The second-order valence-electron chi connectivity index (χ2n) is 3.93. The van der Waals surface area contributed by atoms with Crippen LogP contribution in [0.25, 0.3) is 11.3 Å². The van der Waals surface area contributed by atoms with Gasteiger partial charge in [-0.2, -0.15) is 0 Å². The number of oxazole rings is 1. The van der Waals surface area contributed by atoms with Crippen molar-refractivity contribution in [1.82, 2.24) is 10.3 Å². The van der Waals surface area contributed by atoms with Crippen molar-refractivity contribution in [3.8, 4) is 11.3 Å². The summed E-state index contributed by atoms with van der Waals surface area (Å²) in [6, 6.07) is 5.45. The SMILES string of the molecule is CNCCCc1ncc(-c2cccc(Cl)c2Cl)o1. The van der Waals surface area contributed by atoms with Crippen molar-refractivity contribution < 1.29 is 4.42 Å². The average molecular weight is 285 g/mol. The third-order valence-electron chi connectivity index (χ3n) is 2.59. The molecule has 0 fully saturated rings. The van der Waals surface area contributed by atoms with Gasteiger partial charge >= 0.3 is 0 Å². The van der Waals surface area contributed by atoms with Crippen LogP contribution in [0, 0.1) is 0 Å². The number of halogens is 2. The summed E-state index contributed by atoms with van der Waals surface area (Å²) in [4.78, 5) is 4.24. The Labute approximate surface area is 116 Å². The smallest absolute Gasteiger partial charge is 0.194 e. The number of nitrogens with one attached hydrogen (secondary N) is 1. The Morgan fingerprint density at radius 1 is 1.33 bits per heavy atom. The third kappa shape index (κ3) is 3.05. The quantitative estimate of drug-likeness (QED) is 0.849. The summed E-state index contributed by atoms with van der Waals surface area (Å²) >= 11 is 12.1. The fourth-order valence-corrected chi connectivity index (χ4v) is 2.05. The lowest BCUT2D eigenvalue weighted by Gasteiger charge is -2.01. The van der Waals surface area contributed by atoms with E-state index in [1.807, 2.05) is 19.2 Å². The second-order valence-corrected chi connectivity index (χ2v) is 4.71. The lowest BCUT2D eigenvalue weighted by Crippen LogP contribution is -2.08. The van der Waals surface area contributed by atoms with Crippen LogP contribution in [0.15, 0.2) is 28.8 Å². The van der Waals surface area contributed by atoms with E-state index in [4.69, 9.17) is 27.6 Å². The Balaban J connectivity index is 2.16. The predicted molar refractivity (Wildman–Crippen MR) is 74.2 cm³/mol. The van der Waals surface area contributed by atoms with E-state index in [0.717, 1.165) is 30.8 Å². The van der Waals surface area contributed by atoms with Crippen LogP contribution in [0.3, 0.4) is 0 Å². The van der Waals surface area contributed by atoms with E-state index in [-0.39, 0.29) is 0 Å². The molecule has 0 amide bonds. The molecule has 0 saturated heterocycles. The van der Waals surface area contributed by atoms with Gasteiger partial charge in [0.2, 0.25) is 0 Å². The third-order valence-corrected chi connectivity index (χ3v) is 3.41. The fourth-order valence-electron chi connectivity index (χ4n) is 1.66. The van der Waals surface area contributed by atoms with Gasteiger partial charge in [-0.15, -0.1) is 0 Å². The first-order valence-corrected chi connectivity index (χ1v) is 6.51. The van der Waals surface area contributed by atoms with Crippen LogP contribution in [0.4, 0.5) is 0 Å². The monoisotopic (exact) mass is 284 g/mol. The molecule has 0 aliphatic carbocycles. The highest BCUT2D eigenvalue weighted by Gasteiger charge is 2.11. The van der Waals surface area contributed by atoms with Gasteiger partial charge in [0.1, 0.15) is 0 Å². The number of rotatable bonds is 5. The molecule has 0 aliphatic rings. The first kappa shape index (κ1) is 13.4. The number of nitrogens with zero attached hydrogens (tertiary/aromatic N) is 1. The molecule has 2 rings (SSSR count). The summed E-state index contributed by atoms with van der Waals surface area (Å²) in [5.41, 5.74) is 0.775. The molecule has 1 aromatic carbocycles. The summed E-state index contributed by atoms with van der Waals surface area (Å²) in [6.45, 7) is 0.940. The molecule has 3 nitrogen and oxygen atoms in total. The topological polar surface area (TPSA) is 38.1 Å². The maximum absolute atomic E-state index is 6.13. The van der Waals surface area contributed by atoms with Crippen LogP contribution in [-0.4, -0.2) is 18.6 Å². The molecule has 1 heterocycles. The molecule has 1 N–H and O–H groups in total. The van der Waals surface area contributed by atoms with Crippen LogP contribution in [-0.2, 0) is 6.42 Å². The molecule has 5 heteroatoms. The summed E-state index contributed by atoms with van der Waals surface area (Å²) in [5, 5.41) is 4.10. The van der Waals surface area contributed by atoms with Crippen molar-refractivity contribution in [3.63, 3.8) is 0 Å².